The van der Waals surface area contributed by atoms with Crippen LogP contribution in [-0.4, -0.2) is 17.8 Å². The van der Waals surface area contributed by atoms with E-state index in [9.17, 15) is 14.9 Å². The lowest BCUT2D eigenvalue weighted by atomic mass is 9.54. The number of ether oxygens (including phenoxy) is 1. The summed E-state index contributed by atoms with van der Waals surface area (Å²) in [6.07, 6.45) is 10.3. The van der Waals surface area contributed by atoms with Gasteiger partial charge in [-0.3, -0.25) is 14.9 Å². The number of hydrogen-bond acceptors (Lipinski definition) is 4. The maximum atomic E-state index is 12.4. The highest BCUT2D eigenvalue weighted by Gasteiger charge is 2.56. The number of nitro groups is 1. The third-order valence-electron chi connectivity index (χ3n) is 7.00. The van der Waals surface area contributed by atoms with Gasteiger partial charge in [-0.25, -0.2) is 0 Å². The molecule has 4 rings (SSSR count). The number of allylic oxidation sites excluding steroid dienone is 4. The molecule has 0 heterocycles. The molecule has 0 radical (unpaired) electrons. The molecular formula is C19H23NO4. The first-order valence-electron chi connectivity index (χ1n) is 8.82. The van der Waals surface area contributed by atoms with Crippen LogP contribution in [-0.2, 0) is 9.53 Å². The maximum absolute atomic E-state index is 12.4. The molecule has 0 aromatic heterocycles. The Hall–Kier alpha value is -1.91. The van der Waals surface area contributed by atoms with Crippen LogP contribution in [0.1, 0.15) is 39.0 Å². The third-order valence-corrected chi connectivity index (χ3v) is 7.00. The van der Waals surface area contributed by atoms with E-state index in [1.165, 1.54) is 7.11 Å². The molecule has 5 nitrogen and oxygen atoms in total. The molecule has 0 aliphatic heterocycles. The van der Waals surface area contributed by atoms with Crippen LogP contribution in [0.4, 0.5) is 0 Å². The lowest BCUT2D eigenvalue weighted by Gasteiger charge is -2.49. The molecule has 0 aromatic rings. The van der Waals surface area contributed by atoms with Gasteiger partial charge in [0.15, 0.2) is 5.76 Å². The van der Waals surface area contributed by atoms with Crippen LogP contribution in [0.15, 0.2) is 35.3 Å². The molecule has 0 spiro atoms. The fourth-order valence-corrected chi connectivity index (χ4v) is 5.78. The van der Waals surface area contributed by atoms with Crippen LogP contribution in [0.2, 0.25) is 0 Å². The van der Waals surface area contributed by atoms with E-state index in [0.717, 1.165) is 31.3 Å². The van der Waals surface area contributed by atoms with E-state index in [4.69, 9.17) is 4.74 Å². The molecule has 5 heteroatoms. The van der Waals surface area contributed by atoms with Gasteiger partial charge in [0.1, 0.15) is 5.78 Å². The van der Waals surface area contributed by atoms with Crippen LogP contribution in [0.5, 0.6) is 0 Å². The molecule has 5 atom stereocenters. The minimum absolute atomic E-state index is 0.0864. The molecule has 24 heavy (non-hydrogen) atoms. The van der Waals surface area contributed by atoms with E-state index >= 15 is 0 Å². The zero-order chi connectivity index (χ0) is 17.1. The van der Waals surface area contributed by atoms with Crippen molar-refractivity contribution in [3.05, 3.63) is 45.4 Å². The average molecular weight is 329 g/mol. The van der Waals surface area contributed by atoms with Crippen molar-refractivity contribution in [2.45, 2.75) is 39.0 Å². The lowest BCUT2D eigenvalue weighted by Crippen LogP contribution is -2.45. The quantitative estimate of drug-likeness (QED) is 0.573. The predicted octanol–water partition coefficient (Wildman–Crippen LogP) is 3.65. The van der Waals surface area contributed by atoms with Crippen molar-refractivity contribution in [1.82, 2.24) is 0 Å². The van der Waals surface area contributed by atoms with Gasteiger partial charge in [-0.05, 0) is 49.5 Å². The first-order chi connectivity index (χ1) is 11.5. The molecular weight excluding hydrogens is 306 g/mol. The Kier molecular flexibility index (Phi) is 3.44. The number of methoxy groups -OCH3 is 1. The van der Waals surface area contributed by atoms with Gasteiger partial charge in [-0.15, -0.1) is 0 Å². The second-order valence-electron chi connectivity index (χ2n) is 7.81. The van der Waals surface area contributed by atoms with Gasteiger partial charge in [0.05, 0.1) is 12.0 Å². The summed E-state index contributed by atoms with van der Waals surface area (Å²) in [6, 6.07) is 0. The number of rotatable bonds is 2. The van der Waals surface area contributed by atoms with Gasteiger partial charge in [0.2, 0.25) is 0 Å². The van der Waals surface area contributed by atoms with Crippen molar-refractivity contribution in [2.24, 2.45) is 29.1 Å². The van der Waals surface area contributed by atoms with E-state index in [1.807, 2.05) is 6.08 Å². The largest absolute Gasteiger partial charge is 0.490 e. The Morgan fingerprint density at radius 3 is 2.83 bits per heavy atom. The second-order valence-corrected chi connectivity index (χ2v) is 7.81. The van der Waals surface area contributed by atoms with Crippen LogP contribution < -0.4 is 0 Å². The standard InChI is InChI=1S/C19H23NO4/c1-19-10-9-12-11-5-7-16(24-2)18(20(22)23)14(11)4-3-13(12)15(19)6-8-17(19)21/h4-5,7,11-13,15H,3,6,8-10H2,1-2H3/t11-,12-,13-,15+,19+/m1/s1. The Morgan fingerprint density at radius 2 is 2.12 bits per heavy atom. The molecule has 0 amide bonds. The topological polar surface area (TPSA) is 69.4 Å². The molecule has 0 saturated heterocycles. The summed E-state index contributed by atoms with van der Waals surface area (Å²) in [6.45, 7) is 2.14. The predicted molar refractivity (Wildman–Crippen MR) is 88.4 cm³/mol. The lowest BCUT2D eigenvalue weighted by molar-refractivity contribution is -0.424. The normalized spacial score (nSPS) is 40.6. The van der Waals surface area contributed by atoms with Crippen LogP contribution >= 0.6 is 0 Å². The molecule has 128 valence electrons. The molecule has 4 aliphatic rings. The number of hydrogen-bond donors (Lipinski definition) is 0. The van der Waals surface area contributed by atoms with Crippen molar-refractivity contribution in [3.8, 4) is 0 Å². The molecule has 0 bridgehead atoms. The van der Waals surface area contributed by atoms with Gasteiger partial charge in [-0.1, -0.05) is 19.1 Å². The highest BCUT2D eigenvalue weighted by Crippen LogP contribution is 2.59. The highest BCUT2D eigenvalue weighted by atomic mass is 16.6. The summed E-state index contributed by atoms with van der Waals surface area (Å²) in [4.78, 5) is 23.6. The minimum Gasteiger partial charge on any atom is -0.490 e. The molecule has 4 aliphatic carbocycles. The first kappa shape index (κ1) is 15.6. The zero-order valence-corrected chi connectivity index (χ0v) is 14.2. The summed E-state index contributed by atoms with van der Waals surface area (Å²) in [5.74, 6) is 2.15. The number of ketones is 1. The molecule has 2 fully saturated rings. The van der Waals surface area contributed by atoms with Gasteiger partial charge in [0, 0.05) is 23.3 Å². The molecule has 0 N–H and O–H groups in total. The van der Waals surface area contributed by atoms with Gasteiger partial charge in [0.25, 0.3) is 0 Å². The molecule has 0 aromatic carbocycles. The number of carbonyl (C=O) groups excluding carboxylic acids is 1. The van der Waals surface area contributed by atoms with E-state index in [-0.39, 0.29) is 22.0 Å². The van der Waals surface area contributed by atoms with Crippen molar-refractivity contribution >= 4 is 5.78 Å². The van der Waals surface area contributed by atoms with Gasteiger partial charge < -0.3 is 4.74 Å². The SMILES string of the molecule is COC1=C([N+](=O)[O-])C2=CC[C@@H]3[C@H](CC[C@]4(C)C(=O)CC[C@@H]34)[C@H]2C=C1. The van der Waals surface area contributed by atoms with Gasteiger partial charge >= 0.3 is 5.70 Å². The summed E-state index contributed by atoms with van der Waals surface area (Å²) in [5, 5.41) is 11.6. The molecule has 0 unspecified atom stereocenters. The fraction of sp³-hybridized carbons (Fsp3) is 0.632. The maximum Gasteiger partial charge on any atom is 0.314 e. The summed E-state index contributed by atoms with van der Waals surface area (Å²) in [5.41, 5.74) is 0.775. The first-order valence-corrected chi connectivity index (χ1v) is 8.82. The van der Waals surface area contributed by atoms with Crippen LogP contribution in [0.3, 0.4) is 0 Å². The highest BCUT2D eigenvalue weighted by molar-refractivity contribution is 5.87. The molecule has 2 saturated carbocycles. The second kappa shape index (κ2) is 5.30. The van der Waals surface area contributed by atoms with E-state index in [1.54, 1.807) is 6.08 Å². The number of fused-ring (bicyclic) bond motifs is 5. The van der Waals surface area contributed by atoms with Crippen LogP contribution in [0.25, 0.3) is 0 Å². The van der Waals surface area contributed by atoms with Crippen molar-refractivity contribution < 1.29 is 14.5 Å². The van der Waals surface area contributed by atoms with Crippen molar-refractivity contribution in [2.75, 3.05) is 7.11 Å². The van der Waals surface area contributed by atoms with Gasteiger partial charge in [-0.2, -0.15) is 0 Å². The Bertz CT molecular complexity index is 704. The summed E-state index contributed by atoms with van der Waals surface area (Å²) < 4.78 is 5.22. The Morgan fingerprint density at radius 1 is 1.33 bits per heavy atom. The fourth-order valence-electron chi connectivity index (χ4n) is 5.78. The van der Waals surface area contributed by atoms with E-state index in [2.05, 4.69) is 13.0 Å². The van der Waals surface area contributed by atoms with E-state index in [0.29, 0.717) is 35.7 Å². The minimum atomic E-state index is -0.312. The average Bonchev–Trinajstić information content (AvgIpc) is 2.88. The number of carbonyl (C=O) groups is 1. The van der Waals surface area contributed by atoms with E-state index < -0.39 is 0 Å². The Balaban J connectivity index is 1.72. The Labute approximate surface area is 141 Å². The monoisotopic (exact) mass is 329 g/mol. The number of nitrogens with zero attached hydrogens (tertiary/aromatic N) is 1. The van der Waals surface area contributed by atoms with Crippen LogP contribution in [0, 0.1) is 39.2 Å². The third kappa shape index (κ3) is 1.96. The zero-order valence-electron chi connectivity index (χ0n) is 14.2. The summed E-state index contributed by atoms with van der Waals surface area (Å²) >= 11 is 0. The smallest absolute Gasteiger partial charge is 0.314 e. The van der Waals surface area contributed by atoms with Crippen molar-refractivity contribution in [3.63, 3.8) is 0 Å². The van der Waals surface area contributed by atoms with Crippen molar-refractivity contribution in [1.29, 1.82) is 0 Å². The number of Topliss-reactive ketones (excluding diaryl/α,β-unsaturated/α-hetero) is 1. The summed E-state index contributed by atoms with van der Waals surface area (Å²) in [7, 11) is 1.48.